The minimum Gasteiger partial charge on any atom is -0.392 e. The molecule has 0 amide bonds. The zero-order chi connectivity index (χ0) is 15.6. The molecule has 1 heterocycles. The number of benzene rings is 1. The summed E-state index contributed by atoms with van der Waals surface area (Å²) in [5.74, 6) is 0. The lowest BCUT2D eigenvalue weighted by molar-refractivity contribution is 0.281. The van der Waals surface area contributed by atoms with E-state index in [9.17, 15) is 8.42 Å². The maximum absolute atomic E-state index is 12.4. The van der Waals surface area contributed by atoms with Crippen LogP contribution in [0.2, 0.25) is 0 Å². The van der Waals surface area contributed by atoms with E-state index in [1.165, 1.54) is 6.07 Å². The molecule has 0 atom stereocenters. The van der Waals surface area contributed by atoms with Gasteiger partial charge in [-0.1, -0.05) is 6.07 Å². The van der Waals surface area contributed by atoms with E-state index in [1.54, 1.807) is 30.1 Å². The smallest absolute Gasteiger partial charge is 0.242 e. The zero-order valence-electron chi connectivity index (χ0n) is 11.7. The van der Waals surface area contributed by atoms with Gasteiger partial charge >= 0.3 is 0 Å². The van der Waals surface area contributed by atoms with E-state index >= 15 is 0 Å². The quantitative estimate of drug-likeness (QED) is 0.830. The molecule has 0 spiro atoms. The van der Waals surface area contributed by atoms with Gasteiger partial charge in [0.25, 0.3) is 0 Å². The molecule has 2 rings (SSSR count). The highest BCUT2D eigenvalue weighted by atomic mass is 79.9. The molecule has 0 unspecified atom stereocenters. The second-order valence-electron chi connectivity index (χ2n) is 4.66. The summed E-state index contributed by atoms with van der Waals surface area (Å²) in [6.07, 6.45) is 1.77. The van der Waals surface area contributed by atoms with Gasteiger partial charge in [-0.2, -0.15) is 5.10 Å². The lowest BCUT2D eigenvalue weighted by atomic mass is 10.2. The van der Waals surface area contributed by atoms with Gasteiger partial charge in [0.15, 0.2) is 0 Å². The molecule has 1 aromatic carbocycles. The third kappa shape index (κ3) is 3.70. The number of hydrogen-bond donors (Lipinski definition) is 2. The van der Waals surface area contributed by atoms with Crippen LogP contribution in [0.4, 0.5) is 0 Å². The van der Waals surface area contributed by atoms with Gasteiger partial charge in [-0.25, -0.2) is 13.1 Å². The molecule has 0 fully saturated rings. The number of aryl methyl sites for hydroxylation is 2. The van der Waals surface area contributed by atoms with Crippen molar-refractivity contribution in [1.82, 2.24) is 14.5 Å². The minimum atomic E-state index is -3.67. The average molecular weight is 374 g/mol. The molecular weight excluding hydrogens is 358 g/mol. The number of hydrogen-bond acceptors (Lipinski definition) is 4. The third-order valence-electron chi connectivity index (χ3n) is 3.04. The van der Waals surface area contributed by atoms with Crippen LogP contribution < -0.4 is 4.72 Å². The van der Waals surface area contributed by atoms with Crippen LogP contribution >= 0.6 is 15.9 Å². The Hall–Kier alpha value is -1.22. The van der Waals surface area contributed by atoms with Gasteiger partial charge in [0.05, 0.1) is 17.2 Å². The predicted molar refractivity (Wildman–Crippen MR) is 82.0 cm³/mol. The van der Waals surface area contributed by atoms with E-state index in [2.05, 4.69) is 25.8 Å². The van der Waals surface area contributed by atoms with Crippen molar-refractivity contribution in [3.05, 3.63) is 45.7 Å². The molecule has 0 aliphatic rings. The molecule has 21 heavy (non-hydrogen) atoms. The average Bonchev–Trinajstić information content (AvgIpc) is 2.75. The summed E-state index contributed by atoms with van der Waals surface area (Å²) < 4.78 is 29.4. The first-order valence-corrected chi connectivity index (χ1v) is 8.49. The molecule has 0 aliphatic heterocycles. The lowest BCUT2D eigenvalue weighted by Gasteiger charge is -2.09. The second kappa shape index (κ2) is 6.27. The first-order chi connectivity index (χ1) is 9.83. The van der Waals surface area contributed by atoms with Gasteiger partial charge in [-0.15, -0.1) is 0 Å². The summed E-state index contributed by atoms with van der Waals surface area (Å²) >= 11 is 3.22. The van der Waals surface area contributed by atoms with Gasteiger partial charge in [0.2, 0.25) is 10.0 Å². The maximum atomic E-state index is 12.4. The van der Waals surface area contributed by atoms with Crippen LogP contribution in [0.5, 0.6) is 0 Å². The van der Waals surface area contributed by atoms with Crippen molar-refractivity contribution in [3.8, 4) is 0 Å². The molecule has 0 radical (unpaired) electrons. The number of sulfonamides is 1. The highest BCUT2D eigenvalue weighted by molar-refractivity contribution is 9.10. The summed E-state index contributed by atoms with van der Waals surface area (Å²) in [7, 11) is -1.89. The van der Waals surface area contributed by atoms with Crippen LogP contribution in [-0.2, 0) is 30.2 Å². The number of nitrogens with one attached hydrogen (secondary N) is 1. The third-order valence-corrected chi connectivity index (χ3v) is 5.43. The number of halogens is 1. The van der Waals surface area contributed by atoms with E-state index in [-0.39, 0.29) is 18.0 Å². The Morgan fingerprint density at radius 3 is 2.71 bits per heavy atom. The zero-order valence-corrected chi connectivity index (χ0v) is 14.1. The van der Waals surface area contributed by atoms with Gasteiger partial charge < -0.3 is 5.11 Å². The monoisotopic (exact) mass is 373 g/mol. The van der Waals surface area contributed by atoms with Crippen LogP contribution in [-0.4, -0.2) is 23.3 Å². The van der Waals surface area contributed by atoms with Crippen LogP contribution in [0, 0.1) is 6.92 Å². The number of rotatable bonds is 5. The van der Waals surface area contributed by atoms with Crippen molar-refractivity contribution in [3.63, 3.8) is 0 Å². The molecule has 8 heteroatoms. The number of aliphatic hydroxyl groups is 1. The largest absolute Gasteiger partial charge is 0.392 e. The fourth-order valence-electron chi connectivity index (χ4n) is 1.92. The topological polar surface area (TPSA) is 84.2 Å². The second-order valence-corrected chi connectivity index (χ2v) is 7.25. The molecule has 2 aromatic rings. The van der Waals surface area contributed by atoms with E-state index in [4.69, 9.17) is 5.11 Å². The van der Waals surface area contributed by atoms with E-state index in [1.807, 2.05) is 6.92 Å². The minimum absolute atomic E-state index is 0.107. The fourth-order valence-corrected chi connectivity index (χ4v) is 3.94. The van der Waals surface area contributed by atoms with Crippen LogP contribution in [0.25, 0.3) is 0 Å². The highest BCUT2D eigenvalue weighted by Crippen LogP contribution is 2.23. The fraction of sp³-hybridized carbons (Fsp3) is 0.308. The summed E-state index contributed by atoms with van der Waals surface area (Å²) in [5.41, 5.74) is 2.13. The Labute approximate surface area is 132 Å². The van der Waals surface area contributed by atoms with Crippen LogP contribution in [0.3, 0.4) is 0 Å². The first kappa shape index (κ1) is 16.2. The molecule has 2 N–H and O–H groups in total. The molecule has 0 aliphatic carbocycles. The molecule has 0 bridgehead atoms. The van der Waals surface area contributed by atoms with Crippen molar-refractivity contribution in [2.45, 2.75) is 25.0 Å². The maximum Gasteiger partial charge on any atom is 0.242 e. The Morgan fingerprint density at radius 2 is 2.14 bits per heavy atom. The standard InChI is InChI=1S/C13H16BrN3O3S/c1-9-11(7-17(2)16-9)6-15-21(19,20)13-5-10(8-18)3-4-12(13)14/h3-5,7,15,18H,6,8H2,1-2H3. The van der Waals surface area contributed by atoms with E-state index in [0.29, 0.717) is 10.0 Å². The normalized spacial score (nSPS) is 11.8. The molecule has 0 saturated heterocycles. The van der Waals surface area contributed by atoms with Crippen LogP contribution in [0.1, 0.15) is 16.8 Å². The SMILES string of the molecule is Cc1nn(C)cc1CNS(=O)(=O)c1cc(CO)ccc1Br. The molecule has 1 aromatic heterocycles. The number of nitrogens with zero attached hydrogens (tertiary/aromatic N) is 2. The Morgan fingerprint density at radius 1 is 1.43 bits per heavy atom. The lowest BCUT2D eigenvalue weighted by Crippen LogP contribution is -2.24. The number of aromatic nitrogens is 2. The molecular formula is C13H16BrN3O3S. The predicted octanol–water partition coefficient (Wildman–Crippen LogP) is 1.46. The van der Waals surface area contributed by atoms with Gasteiger partial charge in [0, 0.05) is 29.8 Å². The van der Waals surface area contributed by atoms with Crippen molar-refractivity contribution < 1.29 is 13.5 Å². The summed E-state index contributed by atoms with van der Waals surface area (Å²) in [6, 6.07) is 4.71. The van der Waals surface area contributed by atoms with E-state index in [0.717, 1.165) is 11.3 Å². The summed E-state index contributed by atoms with van der Waals surface area (Å²) in [6.45, 7) is 1.78. The van der Waals surface area contributed by atoms with Crippen molar-refractivity contribution in [1.29, 1.82) is 0 Å². The van der Waals surface area contributed by atoms with Gasteiger partial charge in [-0.05, 0) is 40.5 Å². The molecule has 114 valence electrons. The van der Waals surface area contributed by atoms with Crippen molar-refractivity contribution >= 4 is 26.0 Å². The summed E-state index contributed by atoms with van der Waals surface area (Å²) in [5, 5.41) is 13.3. The summed E-state index contributed by atoms with van der Waals surface area (Å²) in [4.78, 5) is 0.107. The van der Waals surface area contributed by atoms with E-state index < -0.39 is 10.0 Å². The van der Waals surface area contributed by atoms with Crippen molar-refractivity contribution in [2.75, 3.05) is 0 Å². The Kier molecular flexibility index (Phi) is 4.82. The van der Waals surface area contributed by atoms with Gasteiger partial charge in [0.1, 0.15) is 0 Å². The molecule has 0 saturated carbocycles. The molecule has 6 nitrogen and oxygen atoms in total. The number of aliphatic hydroxyl groups excluding tert-OH is 1. The van der Waals surface area contributed by atoms with Gasteiger partial charge in [-0.3, -0.25) is 4.68 Å². The van der Waals surface area contributed by atoms with Crippen molar-refractivity contribution in [2.24, 2.45) is 7.05 Å². The Balaban J connectivity index is 2.24. The van der Waals surface area contributed by atoms with Crippen LogP contribution in [0.15, 0.2) is 33.8 Å². The highest BCUT2D eigenvalue weighted by Gasteiger charge is 2.18. The first-order valence-electron chi connectivity index (χ1n) is 6.21. The Bertz CT molecular complexity index is 756.